The van der Waals surface area contributed by atoms with E-state index < -0.39 is 0 Å². The Labute approximate surface area is 73.4 Å². The molecule has 0 N–H and O–H groups in total. The first-order chi connectivity index (χ1) is 5.11. The fourth-order valence-corrected chi connectivity index (χ4v) is 0.831. The van der Waals surface area contributed by atoms with Crippen molar-refractivity contribution in [1.82, 2.24) is 0 Å². The summed E-state index contributed by atoms with van der Waals surface area (Å²) < 4.78 is 0. The van der Waals surface area contributed by atoms with Gasteiger partial charge in [0.1, 0.15) is 0 Å². The Kier molecular flexibility index (Phi) is 5.12. The van der Waals surface area contributed by atoms with Crippen molar-refractivity contribution < 1.29 is 0 Å². The van der Waals surface area contributed by atoms with Crippen molar-refractivity contribution >= 4 is 23.6 Å². The molecule has 0 aliphatic heterocycles. The van der Waals surface area contributed by atoms with E-state index in [4.69, 9.17) is 11.6 Å². The number of aliphatic imine (C=N–C) groups is 2. The van der Waals surface area contributed by atoms with Gasteiger partial charge in [-0.2, -0.15) is 0 Å². The van der Waals surface area contributed by atoms with Crippen LogP contribution in [-0.2, 0) is 0 Å². The van der Waals surface area contributed by atoms with E-state index in [0.717, 1.165) is 6.42 Å². The fraction of sp³-hybridized carbons (Fsp3) is 0.750. The predicted molar refractivity (Wildman–Crippen MR) is 51.8 cm³/mol. The molecule has 0 spiro atoms. The SMILES string of the molecule is C=N/C(Cl)=N\C(C)C(C)CC. The van der Waals surface area contributed by atoms with Crippen LogP contribution in [0.5, 0.6) is 0 Å². The van der Waals surface area contributed by atoms with E-state index in [1.54, 1.807) is 0 Å². The number of hydrogen-bond acceptors (Lipinski definition) is 1. The molecule has 2 atom stereocenters. The monoisotopic (exact) mass is 174 g/mol. The molecular weight excluding hydrogens is 160 g/mol. The fourth-order valence-electron chi connectivity index (χ4n) is 0.677. The van der Waals surface area contributed by atoms with Crippen LogP contribution < -0.4 is 0 Å². The third-order valence-corrected chi connectivity index (χ3v) is 2.13. The first-order valence-corrected chi connectivity index (χ1v) is 4.19. The summed E-state index contributed by atoms with van der Waals surface area (Å²) in [5.74, 6) is 0.547. The van der Waals surface area contributed by atoms with Crippen LogP contribution in [0.1, 0.15) is 27.2 Å². The van der Waals surface area contributed by atoms with Crippen molar-refractivity contribution in [2.45, 2.75) is 33.2 Å². The van der Waals surface area contributed by atoms with E-state index in [9.17, 15) is 0 Å². The Bertz CT molecular complexity index is 154. The number of nitrogens with zero attached hydrogens (tertiary/aromatic N) is 2. The Hall–Kier alpha value is -0.370. The van der Waals surface area contributed by atoms with E-state index in [1.165, 1.54) is 0 Å². The molecule has 0 heterocycles. The van der Waals surface area contributed by atoms with Crippen molar-refractivity contribution in [2.24, 2.45) is 15.9 Å². The van der Waals surface area contributed by atoms with Crippen LogP contribution in [0, 0.1) is 5.92 Å². The van der Waals surface area contributed by atoms with Gasteiger partial charge < -0.3 is 0 Å². The van der Waals surface area contributed by atoms with Crippen LogP contribution in [0.2, 0.25) is 0 Å². The van der Waals surface area contributed by atoms with Crippen LogP contribution in [0.3, 0.4) is 0 Å². The first-order valence-electron chi connectivity index (χ1n) is 3.81. The second-order valence-corrected chi connectivity index (χ2v) is 3.02. The summed E-state index contributed by atoms with van der Waals surface area (Å²) >= 11 is 5.58. The molecule has 0 aliphatic rings. The Morgan fingerprint density at radius 1 is 1.55 bits per heavy atom. The maximum Gasteiger partial charge on any atom is 0.217 e. The normalized spacial score (nSPS) is 17.6. The zero-order valence-electron chi connectivity index (χ0n) is 7.34. The van der Waals surface area contributed by atoms with Gasteiger partial charge in [-0.15, -0.1) is 0 Å². The smallest absolute Gasteiger partial charge is 0.217 e. The average molecular weight is 175 g/mol. The van der Waals surface area contributed by atoms with E-state index in [0.29, 0.717) is 5.92 Å². The van der Waals surface area contributed by atoms with Gasteiger partial charge in [0.25, 0.3) is 0 Å². The highest BCUT2D eigenvalue weighted by Gasteiger charge is 2.08. The quantitative estimate of drug-likeness (QED) is 0.357. The third kappa shape index (κ3) is 4.14. The molecule has 0 aromatic carbocycles. The topological polar surface area (TPSA) is 24.7 Å². The van der Waals surface area contributed by atoms with E-state index >= 15 is 0 Å². The third-order valence-electron chi connectivity index (χ3n) is 1.91. The lowest BCUT2D eigenvalue weighted by Crippen LogP contribution is -2.11. The molecule has 0 aromatic rings. The Balaban J connectivity index is 4.03. The summed E-state index contributed by atoms with van der Waals surface area (Å²) in [6.07, 6.45) is 1.10. The molecule has 0 saturated heterocycles. The van der Waals surface area contributed by atoms with Crippen molar-refractivity contribution in [3.8, 4) is 0 Å². The van der Waals surface area contributed by atoms with Gasteiger partial charge in [-0.05, 0) is 31.2 Å². The molecule has 0 aliphatic carbocycles. The largest absolute Gasteiger partial charge is 0.253 e. The molecule has 3 heteroatoms. The first kappa shape index (κ1) is 10.6. The highest BCUT2D eigenvalue weighted by atomic mass is 35.5. The summed E-state index contributed by atoms with van der Waals surface area (Å²) in [6.45, 7) is 9.59. The molecule has 2 unspecified atom stereocenters. The van der Waals surface area contributed by atoms with Crippen LogP contribution in [0.4, 0.5) is 0 Å². The standard InChI is InChI=1S/C8H15ClN2/c1-5-6(2)7(3)11-8(9)10-4/h6-7H,4-5H2,1-3H3/b11-8-. The molecule has 11 heavy (non-hydrogen) atoms. The lowest BCUT2D eigenvalue weighted by atomic mass is 10.0. The van der Waals surface area contributed by atoms with Gasteiger partial charge >= 0.3 is 0 Å². The van der Waals surface area contributed by atoms with E-state index in [1.807, 2.05) is 6.92 Å². The molecule has 0 bridgehead atoms. The second-order valence-electron chi connectivity index (χ2n) is 2.68. The zero-order valence-corrected chi connectivity index (χ0v) is 8.10. The van der Waals surface area contributed by atoms with Gasteiger partial charge in [0.15, 0.2) is 0 Å². The summed E-state index contributed by atoms with van der Waals surface area (Å²) in [6, 6.07) is 0.234. The molecule has 2 nitrogen and oxygen atoms in total. The van der Waals surface area contributed by atoms with Gasteiger partial charge in [-0.1, -0.05) is 20.3 Å². The minimum atomic E-state index is 0.234. The number of amidine groups is 1. The maximum atomic E-state index is 5.58. The van der Waals surface area contributed by atoms with Crippen LogP contribution in [0.15, 0.2) is 9.98 Å². The lowest BCUT2D eigenvalue weighted by molar-refractivity contribution is 0.472. The van der Waals surface area contributed by atoms with Crippen molar-refractivity contribution in [1.29, 1.82) is 0 Å². The molecule has 0 amide bonds. The van der Waals surface area contributed by atoms with Crippen LogP contribution >= 0.6 is 11.6 Å². The number of halogens is 1. The number of rotatable bonds is 3. The molecular formula is C8H15ClN2. The molecule has 0 saturated carbocycles. The molecule has 64 valence electrons. The summed E-state index contributed by atoms with van der Waals surface area (Å²) in [4.78, 5) is 7.63. The molecule has 0 fully saturated rings. The van der Waals surface area contributed by atoms with Crippen LogP contribution in [0.25, 0.3) is 0 Å². The molecule has 0 aromatic heterocycles. The van der Waals surface area contributed by atoms with Gasteiger partial charge in [0.2, 0.25) is 5.29 Å². The highest BCUT2D eigenvalue weighted by molar-refractivity contribution is 6.65. The van der Waals surface area contributed by atoms with Crippen molar-refractivity contribution in [3.05, 3.63) is 0 Å². The zero-order chi connectivity index (χ0) is 8.85. The molecule has 0 rings (SSSR count). The Morgan fingerprint density at radius 3 is 2.45 bits per heavy atom. The summed E-state index contributed by atoms with van der Waals surface area (Å²) in [7, 11) is 0. The second kappa shape index (κ2) is 5.30. The van der Waals surface area contributed by atoms with Crippen molar-refractivity contribution in [2.75, 3.05) is 0 Å². The highest BCUT2D eigenvalue weighted by Crippen LogP contribution is 2.11. The Morgan fingerprint density at radius 2 is 2.09 bits per heavy atom. The van der Waals surface area contributed by atoms with Crippen LogP contribution in [-0.4, -0.2) is 18.1 Å². The summed E-state index contributed by atoms with van der Waals surface area (Å²) in [5, 5.41) is 0.262. The number of hydrogen-bond donors (Lipinski definition) is 0. The van der Waals surface area contributed by atoms with E-state index in [-0.39, 0.29) is 11.3 Å². The van der Waals surface area contributed by atoms with Crippen molar-refractivity contribution in [3.63, 3.8) is 0 Å². The van der Waals surface area contributed by atoms with E-state index in [2.05, 4.69) is 30.5 Å². The average Bonchev–Trinajstić information content (AvgIpc) is 2.02. The van der Waals surface area contributed by atoms with Gasteiger partial charge in [0.05, 0.1) is 6.04 Å². The van der Waals surface area contributed by atoms with Gasteiger partial charge in [0, 0.05) is 0 Å². The van der Waals surface area contributed by atoms with Gasteiger partial charge in [-0.25, -0.2) is 4.99 Å². The minimum Gasteiger partial charge on any atom is -0.253 e. The lowest BCUT2D eigenvalue weighted by Gasteiger charge is -2.12. The molecule has 0 radical (unpaired) electrons. The minimum absolute atomic E-state index is 0.234. The predicted octanol–water partition coefficient (Wildman–Crippen LogP) is 2.72. The maximum absolute atomic E-state index is 5.58. The summed E-state index contributed by atoms with van der Waals surface area (Å²) in [5.41, 5.74) is 0. The van der Waals surface area contributed by atoms with Gasteiger partial charge in [-0.3, -0.25) is 4.99 Å².